The fourth-order valence-electron chi connectivity index (χ4n) is 4.59. The van der Waals surface area contributed by atoms with Crippen molar-refractivity contribution >= 4 is 29.0 Å². The van der Waals surface area contributed by atoms with Crippen LogP contribution in [0.2, 0.25) is 0 Å². The minimum absolute atomic E-state index is 0. The number of carbonyl (C=O) groups is 2. The molecule has 0 saturated heterocycles. The molecule has 0 aromatic heterocycles. The van der Waals surface area contributed by atoms with Crippen molar-refractivity contribution in [3.8, 4) is 0 Å². The van der Waals surface area contributed by atoms with Gasteiger partial charge >= 0.3 is 11.9 Å². The molecular formula is C32H64O4Se. The molecule has 2 N–H and O–H groups in total. The first-order valence-corrected chi connectivity index (χ1v) is 16.0. The Morgan fingerprint density at radius 3 is 0.676 bits per heavy atom. The van der Waals surface area contributed by atoms with Gasteiger partial charge in [0.2, 0.25) is 0 Å². The summed E-state index contributed by atoms with van der Waals surface area (Å²) in [5.74, 6) is -1.31. The Morgan fingerprint density at radius 2 is 0.514 bits per heavy atom. The van der Waals surface area contributed by atoms with Crippen LogP contribution >= 0.6 is 0 Å². The molecule has 4 nitrogen and oxygen atoms in total. The second-order valence-electron chi connectivity index (χ2n) is 10.8. The Balaban J connectivity index is -0.000000608. The molecule has 0 atom stereocenters. The molecule has 0 aliphatic heterocycles. The van der Waals surface area contributed by atoms with Crippen molar-refractivity contribution in [1.29, 1.82) is 0 Å². The van der Waals surface area contributed by atoms with Crippen LogP contribution in [0.15, 0.2) is 0 Å². The van der Waals surface area contributed by atoms with Crippen molar-refractivity contribution in [2.24, 2.45) is 0 Å². The molecule has 0 aliphatic carbocycles. The largest absolute Gasteiger partial charge is 0.481 e. The van der Waals surface area contributed by atoms with E-state index in [-0.39, 0.29) is 17.1 Å². The molecule has 0 spiro atoms. The summed E-state index contributed by atoms with van der Waals surface area (Å²) in [6.07, 6.45) is 34.5. The van der Waals surface area contributed by atoms with Gasteiger partial charge in [0, 0.05) is 29.9 Å². The number of carboxylic acid groups (broad SMARTS) is 2. The quantitative estimate of drug-likeness (QED) is 0.0701. The Hall–Kier alpha value is -0.541. The van der Waals surface area contributed by atoms with Gasteiger partial charge in [-0.1, -0.05) is 168 Å². The van der Waals surface area contributed by atoms with Gasteiger partial charge in [-0.15, -0.1) is 0 Å². The maximum atomic E-state index is 10.3. The first-order valence-electron chi connectivity index (χ1n) is 16.0. The van der Waals surface area contributed by atoms with Gasteiger partial charge in [0.15, 0.2) is 0 Å². The maximum absolute atomic E-state index is 10.3. The van der Waals surface area contributed by atoms with E-state index in [1.807, 2.05) is 0 Å². The van der Waals surface area contributed by atoms with E-state index in [0.717, 1.165) is 25.7 Å². The van der Waals surface area contributed by atoms with Crippen molar-refractivity contribution in [2.45, 2.75) is 194 Å². The molecule has 0 fully saturated rings. The van der Waals surface area contributed by atoms with Gasteiger partial charge in [0.25, 0.3) is 0 Å². The van der Waals surface area contributed by atoms with E-state index >= 15 is 0 Å². The Bertz CT molecular complexity index is 403. The third-order valence-electron chi connectivity index (χ3n) is 6.99. The molecule has 0 aromatic rings. The number of rotatable bonds is 28. The Labute approximate surface area is 242 Å². The van der Waals surface area contributed by atoms with Gasteiger partial charge in [-0.2, -0.15) is 0 Å². The fourth-order valence-corrected chi connectivity index (χ4v) is 4.59. The van der Waals surface area contributed by atoms with E-state index in [1.54, 1.807) is 0 Å². The predicted octanol–water partition coefficient (Wildman–Crippen LogP) is 10.7. The van der Waals surface area contributed by atoms with Crippen LogP contribution in [0.1, 0.15) is 194 Å². The van der Waals surface area contributed by atoms with E-state index in [4.69, 9.17) is 10.2 Å². The summed E-state index contributed by atoms with van der Waals surface area (Å²) in [5.41, 5.74) is 0. The summed E-state index contributed by atoms with van der Waals surface area (Å²) in [6.45, 7) is 4.52. The fraction of sp³-hybridized carbons (Fsp3) is 0.938. The number of aliphatic carboxylic acids is 2. The zero-order chi connectivity index (χ0) is 27.0. The van der Waals surface area contributed by atoms with Crippen molar-refractivity contribution in [3.63, 3.8) is 0 Å². The summed E-state index contributed by atoms with van der Waals surface area (Å²) in [7, 11) is 0. The molecule has 0 saturated carbocycles. The number of carboxylic acids is 2. The predicted molar refractivity (Wildman–Crippen MR) is 162 cm³/mol. The van der Waals surface area contributed by atoms with Gasteiger partial charge in [0.05, 0.1) is 0 Å². The molecule has 37 heavy (non-hydrogen) atoms. The number of hydrogen-bond donors (Lipinski definition) is 2. The van der Waals surface area contributed by atoms with Crippen LogP contribution in [-0.4, -0.2) is 39.2 Å². The third kappa shape index (κ3) is 45.7. The summed E-state index contributed by atoms with van der Waals surface area (Å²) >= 11 is 0. The van der Waals surface area contributed by atoms with Crippen LogP contribution < -0.4 is 0 Å². The van der Waals surface area contributed by atoms with Crippen molar-refractivity contribution in [3.05, 3.63) is 0 Å². The van der Waals surface area contributed by atoms with E-state index in [1.165, 1.54) is 141 Å². The van der Waals surface area contributed by atoms with Crippen LogP contribution in [0, 0.1) is 0 Å². The molecule has 0 aromatic carbocycles. The van der Waals surface area contributed by atoms with Gasteiger partial charge in [0.1, 0.15) is 0 Å². The molecule has 0 rings (SSSR count). The second kappa shape index (κ2) is 37.6. The van der Waals surface area contributed by atoms with Gasteiger partial charge < -0.3 is 10.2 Å². The standard InChI is InChI=1S/2C16H32O2.Se/c2*1-2-3-4-5-6-7-8-9-10-11-12-13-14-15-16(17)18;/h2*2-15H2,1H3,(H,17,18);. The van der Waals surface area contributed by atoms with Crippen LogP contribution in [0.3, 0.4) is 0 Å². The second-order valence-corrected chi connectivity index (χ2v) is 10.8. The summed E-state index contributed by atoms with van der Waals surface area (Å²) in [4.78, 5) is 20.6. The normalized spacial score (nSPS) is 10.4. The first kappa shape index (κ1) is 40.9. The van der Waals surface area contributed by atoms with Crippen LogP contribution in [-0.2, 0) is 9.59 Å². The van der Waals surface area contributed by atoms with Crippen molar-refractivity contribution in [2.75, 3.05) is 0 Å². The number of hydrogen-bond acceptors (Lipinski definition) is 2. The Kier molecular flexibility index (Phi) is 41.6. The van der Waals surface area contributed by atoms with Crippen LogP contribution in [0.4, 0.5) is 0 Å². The average molecular weight is 592 g/mol. The molecule has 0 unspecified atom stereocenters. The van der Waals surface area contributed by atoms with E-state index in [0.29, 0.717) is 12.8 Å². The third-order valence-corrected chi connectivity index (χ3v) is 6.99. The topological polar surface area (TPSA) is 74.6 Å². The minimum Gasteiger partial charge on any atom is -0.481 e. The summed E-state index contributed by atoms with van der Waals surface area (Å²) < 4.78 is 0. The summed E-state index contributed by atoms with van der Waals surface area (Å²) in [5, 5.41) is 17.0. The molecule has 0 amide bonds. The van der Waals surface area contributed by atoms with E-state index < -0.39 is 11.9 Å². The zero-order valence-corrected chi connectivity index (χ0v) is 26.6. The first-order chi connectivity index (χ1) is 17.5. The Morgan fingerprint density at radius 1 is 0.351 bits per heavy atom. The molecule has 0 bridgehead atoms. The molecule has 0 aliphatic rings. The molecule has 0 heterocycles. The van der Waals surface area contributed by atoms with Gasteiger partial charge in [-0.05, 0) is 12.8 Å². The smallest absolute Gasteiger partial charge is 0.303 e. The zero-order valence-electron chi connectivity index (χ0n) is 24.9. The summed E-state index contributed by atoms with van der Waals surface area (Å²) in [6, 6.07) is 0. The average Bonchev–Trinajstić information content (AvgIpc) is 2.85. The SMILES string of the molecule is CCCCCCCCCCCCCCCC(=O)O.CCCCCCCCCCCCCCCC(=O)O.[Se]. The molecule has 2 radical (unpaired) electrons. The van der Waals surface area contributed by atoms with E-state index in [2.05, 4.69) is 13.8 Å². The van der Waals surface area contributed by atoms with Crippen molar-refractivity contribution < 1.29 is 19.8 Å². The van der Waals surface area contributed by atoms with Gasteiger partial charge in [-0.3, -0.25) is 9.59 Å². The van der Waals surface area contributed by atoms with Crippen LogP contribution in [0.5, 0.6) is 0 Å². The molecule has 5 heteroatoms. The molecular weight excluding hydrogens is 527 g/mol. The minimum atomic E-state index is -0.655. The molecule has 222 valence electrons. The van der Waals surface area contributed by atoms with Crippen molar-refractivity contribution in [1.82, 2.24) is 0 Å². The van der Waals surface area contributed by atoms with Gasteiger partial charge in [-0.25, -0.2) is 0 Å². The number of unbranched alkanes of at least 4 members (excludes halogenated alkanes) is 24. The van der Waals surface area contributed by atoms with E-state index in [9.17, 15) is 9.59 Å². The maximum Gasteiger partial charge on any atom is 0.303 e. The van der Waals surface area contributed by atoms with Crippen LogP contribution in [0.25, 0.3) is 0 Å². The monoisotopic (exact) mass is 592 g/mol.